The van der Waals surface area contributed by atoms with Crippen molar-refractivity contribution in [2.45, 2.75) is 13.8 Å². The summed E-state index contributed by atoms with van der Waals surface area (Å²) in [5, 5.41) is 9.22. The number of benzene rings is 1. The molecule has 0 saturated carbocycles. The number of ether oxygens (including phenoxy) is 2. The van der Waals surface area contributed by atoms with Crippen molar-refractivity contribution in [1.29, 1.82) is 0 Å². The molecular formula is C13H13ClO5. The van der Waals surface area contributed by atoms with Gasteiger partial charge < -0.3 is 14.6 Å². The number of carboxylic acid groups (broad SMARTS) is 1. The molecule has 2 atom stereocenters. The Kier molecular flexibility index (Phi) is 3.66. The molecule has 0 aliphatic carbocycles. The highest BCUT2D eigenvalue weighted by Crippen LogP contribution is 2.40. The number of Topliss-reactive ketones (excluding diaryl/α,β-unsaturated/α-hetero) is 1. The molecule has 0 fully saturated rings. The standard InChI is InChI=1S/C13H13ClO5/c1-6(7(2)13(16)17)11(15)8-3-9(14)12-10(4-8)18-5-19-12/h3-4,6-7H,5H2,1-2H3,(H,16,17). The first-order valence-corrected chi connectivity index (χ1v) is 6.15. The van der Waals surface area contributed by atoms with Crippen LogP contribution in [0.15, 0.2) is 12.1 Å². The molecule has 2 rings (SSSR count). The maximum Gasteiger partial charge on any atom is 0.306 e. The summed E-state index contributed by atoms with van der Waals surface area (Å²) in [6.07, 6.45) is 0. The van der Waals surface area contributed by atoms with Crippen molar-refractivity contribution in [3.8, 4) is 11.5 Å². The van der Waals surface area contributed by atoms with Gasteiger partial charge in [-0.05, 0) is 12.1 Å². The van der Waals surface area contributed by atoms with Crippen molar-refractivity contribution < 1.29 is 24.2 Å². The lowest BCUT2D eigenvalue weighted by Crippen LogP contribution is -2.25. The van der Waals surface area contributed by atoms with Crippen molar-refractivity contribution in [2.24, 2.45) is 11.8 Å². The van der Waals surface area contributed by atoms with Gasteiger partial charge in [-0.1, -0.05) is 25.4 Å². The molecule has 5 nitrogen and oxygen atoms in total. The SMILES string of the molecule is CC(C(=O)O)C(C)C(=O)c1cc(Cl)c2c(c1)OCO2. The fourth-order valence-corrected chi connectivity index (χ4v) is 2.08. The number of halogens is 1. The van der Waals surface area contributed by atoms with Crippen LogP contribution in [0.3, 0.4) is 0 Å². The quantitative estimate of drug-likeness (QED) is 0.860. The summed E-state index contributed by atoms with van der Waals surface area (Å²) in [4.78, 5) is 23.1. The van der Waals surface area contributed by atoms with Crippen LogP contribution in [0.5, 0.6) is 11.5 Å². The Morgan fingerprint density at radius 3 is 2.58 bits per heavy atom. The average Bonchev–Trinajstić information content (AvgIpc) is 2.84. The van der Waals surface area contributed by atoms with Gasteiger partial charge >= 0.3 is 5.97 Å². The van der Waals surface area contributed by atoms with E-state index in [0.717, 1.165) is 0 Å². The first-order chi connectivity index (χ1) is 8.91. The van der Waals surface area contributed by atoms with E-state index in [4.69, 9.17) is 26.2 Å². The summed E-state index contributed by atoms with van der Waals surface area (Å²) in [6.45, 7) is 3.15. The van der Waals surface area contributed by atoms with E-state index in [0.29, 0.717) is 17.1 Å². The molecule has 0 spiro atoms. The Morgan fingerprint density at radius 1 is 1.26 bits per heavy atom. The predicted molar refractivity (Wildman–Crippen MR) is 67.9 cm³/mol. The van der Waals surface area contributed by atoms with Crippen LogP contribution >= 0.6 is 11.6 Å². The van der Waals surface area contributed by atoms with E-state index in [9.17, 15) is 9.59 Å². The first kappa shape index (κ1) is 13.7. The molecule has 1 aliphatic heterocycles. The van der Waals surface area contributed by atoms with Gasteiger partial charge in [-0.15, -0.1) is 0 Å². The monoisotopic (exact) mass is 284 g/mol. The van der Waals surface area contributed by atoms with Gasteiger partial charge in [-0.3, -0.25) is 9.59 Å². The van der Waals surface area contributed by atoms with Gasteiger partial charge in [0.2, 0.25) is 6.79 Å². The Bertz CT molecular complexity index is 540. The molecule has 19 heavy (non-hydrogen) atoms. The van der Waals surface area contributed by atoms with Crippen LogP contribution in [-0.4, -0.2) is 23.7 Å². The topological polar surface area (TPSA) is 72.8 Å². The van der Waals surface area contributed by atoms with Crippen molar-refractivity contribution in [1.82, 2.24) is 0 Å². The van der Waals surface area contributed by atoms with Crippen LogP contribution in [-0.2, 0) is 4.79 Å². The lowest BCUT2D eigenvalue weighted by Gasteiger charge is -2.15. The summed E-state index contributed by atoms with van der Waals surface area (Å²) in [5.41, 5.74) is 0.329. The fourth-order valence-electron chi connectivity index (χ4n) is 1.81. The molecule has 0 aromatic heterocycles. The minimum Gasteiger partial charge on any atom is -0.481 e. The van der Waals surface area contributed by atoms with E-state index in [2.05, 4.69) is 0 Å². The molecule has 2 unspecified atom stereocenters. The molecule has 1 aliphatic rings. The van der Waals surface area contributed by atoms with Gasteiger partial charge in [-0.25, -0.2) is 0 Å². The van der Waals surface area contributed by atoms with Gasteiger partial charge in [0.25, 0.3) is 0 Å². The molecule has 1 aromatic carbocycles. The van der Waals surface area contributed by atoms with Gasteiger partial charge in [0.05, 0.1) is 10.9 Å². The molecule has 1 heterocycles. The minimum absolute atomic E-state index is 0.0633. The number of aliphatic carboxylic acids is 1. The normalized spacial score (nSPS) is 15.9. The van der Waals surface area contributed by atoms with Crippen LogP contribution in [0.2, 0.25) is 5.02 Å². The zero-order valence-corrected chi connectivity index (χ0v) is 11.2. The van der Waals surface area contributed by atoms with Crippen molar-refractivity contribution >= 4 is 23.4 Å². The van der Waals surface area contributed by atoms with Crippen LogP contribution in [0.1, 0.15) is 24.2 Å². The van der Waals surface area contributed by atoms with E-state index in [1.807, 2.05) is 0 Å². The highest BCUT2D eigenvalue weighted by atomic mass is 35.5. The van der Waals surface area contributed by atoms with E-state index < -0.39 is 17.8 Å². The zero-order valence-electron chi connectivity index (χ0n) is 10.5. The third kappa shape index (κ3) is 2.51. The zero-order chi connectivity index (χ0) is 14.2. The van der Waals surface area contributed by atoms with Gasteiger partial charge in [0, 0.05) is 11.5 Å². The lowest BCUT2D eigenvalue weighted by atomic mass is 9.88. The van der Waals surface area contributed by atoms with Crippen LogP contribution in [0.25, 0.3) is 0 Å². The van der Waals surface area contributed by atoms with Gasteiger partial charge in [0.15, 0.2) is 17.3 Å². The summed E-state index contributed by atoms with van der Waals surface area (Å²) in [5.74, 6) is -1.88. The Hall–Kier alpha value is -1.75. The third-order valence-electron chi connectivity index (χ3n) is 3.26. The van der Waals surface area contributed by atoms with Crippen LogP contribution in [0.4, 0.5) is 0 Å². The number of carbonyl (C=O) groups excluding carboxylic acids is 1. The van der Waals surface area contributed by atoms with Crippen molar-refractivity contribution in [2.75, 3.05) is 6.79 Å². The second-order valence-electron chi connectivity index (χ2n) is 4.47. The number of fused-ring (bicyclic) bond motifs is 1. The van der Waals surface area contributed by atoms with E-state index in [1.165, 1.54) is 19.1 Å². The van der Waals surface area contributed by atoms with Crippen molar-refractivity contribution in [3.05, 3.63) is 22.7 Å². The number of carboxylic acids is 1. The van der Waals surface area contributed by atoms with Gasteiger partial charge in [-0.2, -0.15) is 0 Å². The Morgan fingerprint density at radius 2 is 1.95 bits per heavy atom. The second-order valence-corrected chi connectivity index (χ2v) is 4.88. The van der Waals surface area contributed by atoms with Crippen LogP contribution in [0, 0.1) is 11.8 Å². The Balaban J connectivity index is 2.30. The molecule has 1 N–H and O–H groups in total. The number of rotatable bonds is 4. The maximum absolute atomic E-state index is 12.2. The molecular weight excluding hydrogens is 272 g/mol. The molecule has 6 heteroatoms. The molecule has 0 radical (unpaired) electrons. The van der Waals surface area contributed by atoms with Gasteiger partial charge in [0.1, 0.15) is 0 Å². The fraction of sp³-hybridized carbons (Fsp3) is 0.385. The van der Waals surface area contributed by atoms with Crippen LogP contribution < -0.4 is 9.47 Å². The summed E-state index contributed by atoms with van der Waals surface area (Å²) in [6, 6.07) is 3.00. The molecule has 1 aromatic rings. The molecule has 0 bridgehead atoms. The number of hydrogen-bond donors (Lipinski definition) is 1. The highest BCUT2D eigenvalue weighted by Gasteiger charge is 2.28. The lowest BCUT2D eigenvalue weighted by molar-refractivity contribution is -0.142. The summed E-state index contributed by atoms with van der Waals surface area (Å²) < 4.78 is 10.3. The predicted octanol–water partition coefficient (Wildman–Crippen LogP) is 2.61. The first-order valence-electron chi connectivity index (χ1n) is 5.78. The number of ketones is 1. The summed E-state index contributed by atoms with van der Waals surface area (Å²) in [7, 11) is 0. The largest absolute Gasteiger partial charge is 0.481 e. The number of carbonyl (C=O) groups is 2. The van der Waals surface area contributed by atoms with E-state index >= 15 is 0 Å². The highest BCUT2D eigenvalue weighted by molar-refractivity contribution is 6.32. The molecule has 102 valence electrons. The van der Waals surface area contributed by atoms with E-state index in [1.54, 1.807) is 6.92 Å². The van der Waals surface area contributed by atoms with E-state index in [-0.39, 0.29) is 17.6 Å². The smallest absolute Gasteiger partial charge is 0.306 e. The average molecular weight is 285 g/mol. The molecule has 0 saturated heterocycles. The number of hydrogen-bond acceptors (Lipinski definition) is 4. The second kappa shape index (κ2) is 5.09. The minimum atomic E-state index is -1.01. The third-order valence-corrected chi connectivity index (χ3v) is 3.55. The molecule has 0 amide bonds. The van der Waals surface area contributed by atoms with Crippen molar-refractivity contribution in [3.63, 3.8) is 0 Å². The Labute approximate surface area is 115 Å². The maximum atomic E-state index is 12.2. The summed E-state index contributed by atoms with van der Waals surface area (Å²) >= 11 is 5.99.